The molecule has 2 aromatic carbocycles. The first kappa shape index (κ1) is 45.9. The van der Waals surface area contributed by atoms with Crippen molar-refractivity contribution in [3.8, 4) is 22.9 Å². The number of anilines is 1. The average Bonchev–Trinajstić information content (AvgIpc) is 3.55. The maximum absolute atomic E-state index is 15.0. The molecule has 2 aliphatic carbocycles. The summed E-state index contributed by atoms with van der Waals surface area (Å²) >= 11 is 1.46. The Morgan fingerprint density at radius 2 is 1.85 bits per heavy atom. The molecule has 3 fully saturated rings. The first-order valence-corrected chi connectivity index (χ1v) is 24.6. The fourth-order valence-electron chi connectivity index (χ4n) is 9.97. The van der Waals surface area contributed by atoms with Crippen LogP contribution in [0.4, 0.5) is 9.93 Å². The van der Waals surface area contributed by atoms with Crippen molar-refractivity contribution in [2.75, 3.05) is 32.1 Å². The molecular formula is C50H60N8O8S. The van der Waals surface area contributed by atoms with Crippen LogP contribution >= 0.6 is 11.3 Å². The molecule has 5 heterocycles. The molecule has 0 spiro atoms. The van der Waals surface area contributed by atoms with Crippen LogP contribution in [0.25, 0.3) is 22.3 Å². The third kappa shape index (κ3) is 9.92. The van der Waals surface area contributed by atoms with E-state index in [1.807, 2.05) is 84.8 Å². The summed E-state index contributed by atoms with van der Waals surface area (Å²) in [4.78, 5) is 83.0. The Morgan fingerprint density at radius 1 is 1.01 bits per heavy atom. The second kappa shape index (κ2) is 19.5. The van der Waals surface area contributed by atoms with Gasteiger partial charge in [0.1, 0.15) is 40.9 Å². The van der Waals surface area contributed by atoms with E-state index in [0.29, 0.717) is 65.3 Å². The van der Waals surface area contributed by atoms with Crippen LogP contribution in [0.3, 0.4) is 0 Å². The lowest BCUT2D eigenvalue weighted by Gasteiger charge is -2.39. The summed E-state index contributed by atoms with van der Waals surface area (Å²) in [6.07, 6.45) is 10.3. The Kier molecular flexibility index (Phi) is 13.4. The van der Waals surface area contributed by atoms with E-state index in [1.165, 1.54) is 16.2 Å². The summed E-state index contributed by atoms with van der Waals surface area (Å²) in [6, 6.07) is 12.2. The monoisotopic (exact) mass is 932 g/mol. The van der Waals surface area contributed by atoms with Crippen molar-refractivity contribution in [2.24, 2.45) is 11.8 Å². The van der Waals surface area contributed by atoms with Crippen LogP contribution in [0, 0.1) is 11.8 Å². The SMILES string of the molecule is COc1ccc2c(O[C@@H]3C[C@H]4C(=O)N[C@]5(C(=O)O)CC5C=CCCCCC[C@H](NC(=O)N[C@H](CN5CCc6ccccc6C5=O)C5CCC5)C(=O)N4C3)cc(-c3csc(NC(C)C)n3)nc2c1. The molecule has 16 nitrogen and oxygen atoms in total. The summed E-state index contributed by atoms with van der Waals surface area (Å²) in [5.41, 5.74) is 2.02. The van der Waals surface area contributed by atoms with Crippen LogP contribution in [0.15, 0.2) is 66.1 Å². The number of hydrogen-bond acceptors (Lipinski definition) is 11. The number of nitrogens with one attached hydrogen (secondary N) is 4. The first-order chi connectivity index (χ1) is 32.4. The van der Waals surface area contributed by atoms with Crippen molar-refractivity contribution in [1.82, 2.24) is 35.7 Å². The van der Waals surface area contributed by atoms with Gasteiger partial charge < -0.3 is 45.6 Å². The number of rotatable bonds is 12. The van der Waals surface area contributed by atoms with Crippen LogP contribution in [0.5, 0.6) is 11.5 Å². The highest BCUT2D eigenvalue weighted by atomic mass is 32.1. The molecule has 0 radical (unpaired) electrons. The minimum absolute atomic E-state index is 0.00215. The van der Waals surface area contributed by atoms with Crippen molar-refractivity contribution in [2.45, 2.75) is 120 Å². The van der Waals surface area contributed by atoms with Gasteiger partial charge in [-0.05, 0) is 88.5 Å². The largest absolute Gasteiger partial charge is 0.497 e. The number of thiazole rings is 1. The van der Waals surface area contributed by atoms with Gasteiger partial charge in [-0.15, -0.1) is 11.3 Å². The van der Waals surface area contributed by atoms with Gasteiger partial charge in [0.15, 0.2) is 5.13 Å². The highest BCUT2D eigenvalue weighted by Crippen LogP contribution is 2.46. The average molecular weight is 933 g/mol. The van der Waals surface area contributed by atoms with E-state index in [2.05, 4.69) is 21.3 Å². The zero-order chi connectivity index (χ0) is 46.8. The van der Waals surface area contributed by atoms with Gasteiger partial charge >= 0.3 is 12.0 Å². The molecule has 67 heavy (non-hydrogen) atoms. The molecule has 4 aromatic rings. The molecule has 5 N–H and O–H groups in total. The molecule has 17 heteroatoms. The number of carbonyl (C=O) groups excluding carboxylic acids is 4. The first-order valence-electron chi connectivity index (χ1n) is 23.7. The van der Waals surface area contributed by atoms with E-state index in [0.717, 1.165) is 55.6 Å². The Morgan fingerprint density at radius 3 is 2.63 bits per heavy atom. The van der Waals surface area contributed by atoms with Gasteiger partial charge in [0.2, 0.25) is 11.8 Å². The van der Waals surface area contributed by atoms with Crippen molar-refractivity contribution >= 4 is 57.1 Å². The highest BCUT2D eigenvalue weighted by molar-refractivity contribution is 7.14. The zero-order valence-electron chi connectivity index (χ0n) is 38.3. The lowest BCUT2D eigenvalue weighted by molar-refractivity contribution is -0.145. The van der Waals surface area contributed by atoms with E-state index in [1.54, 1.807) is 7.11 Å². The van der Waals surface area contributed by atoms with Gasteiger partial charge in [0.25, 0.3) is 5.91 Å². The van der Waals surface area contributed by atoms with Gasteiger partial charge in [0.05, 0.1) is 30.9 Å². The number of amides is 5. The number of aromatic nitrogens is 2. The maximum Gasteiger partial charge on any atom is 0.330 e. The lowest BCUT2D eigenvalue weighted by Crippen LogP contribution is -2.59. The van der Waals surface area contributed by atoms with E-state index < -0.39 is 47.5 Å². The number of pyridine rings is 1. The number of nitrogens with zero attached hydrogens (tertiary/aromatic N) is 4. The fourth-order valence-corrected chi connectivity index (χ4v) is 10.8. The molecule has 2 aromatic heterocycles. The molecule has 2 saturated carbocycles. The van der Waals surface area contributed by atoms with Crippen LogP contribution in [0.2, 0.25) is 0 Å². The van der Waals surface area contributed by atoms with Crippen molar-refractivity contribution in [1.29, 1.82) is 0 Å². The molecule has 354 valence electrons. The van der Waals surface area contributed by atoms with Crippen LogP contribution in [-0.2, 0) is 20.8 Å². The molecular weight excluding hydrogens is 873 g/mol. The van der Waals surface area contributed by atoms with Crippen molar-refractivity contribution in [3.63, 3.8) is 0 Å². The number of carboxylic acids is 1. The number of fused-ring (bicyclic) bond motifs is 4. The standard InChI is InChI=1S/C50H60N8O8S/c1-29(2)51-49-55-41(28-67-49)39-24-43(36-19-18-33(65-3)22-38(36)52-39)66-34-23-42-44(59)56-50(47(62)63)25-32(50)15-7-5-4-6-8-17-37(46(61)58(42)26-34)53-48(64)54-40(31-13-11-14-31)27-57-21-20-30-12-9-10-16-35(30)45(57)60/h7,9-10,12,15-16,18-19,22,24,28-29,31-32,34,37,40,42H,4-6,8,11,13-14,17,20-21,23,25-27H2,1-3H3,(H,51,55)(H,56,59)(H,62,63)(H2,53,54,64)/t32?,34-,37+,40-,42+,50-/m1/s1. The summed E-state index contributed by atoms with van der Waals surface area (Å²) in [5, 5.41) is 26.1. The third-order valence-corrected chi connectivity index (χ3v) is 14.8. The molecule has 3 aliphatic heterocycles. The lowest BCUT2D eigenvalue weighted by atomic mass is 9.79. The molecule has 9 rings (SSSR count). The van der Waals surface area contributed by atoms with Gasteiger partial charge in [-0.3, -0.25) is 14.4 Å². The summed E-state index contributed by atoms with van der Waals surface area (Å²) in [5.74, 6) is -1.35. The predicted octanol–water partition coefficient (Wildman–Crippen LogP) is 6.55. The molecule has 0 bridgehead atoms. The second-order valence-corrected chi connectivity index (χ2v) is 19.8. The Hall–Kier alpha value is -6.23. The van der Waals surface area contributed by atoms with Crippen LogP contribution in [-0.4, -0.2) is 117 Å². The fraction of sp³-hybridized carbons (Fsp3) is 0.500. The molecule has 1 saturated heterocycles. The Labute approximate surface area is 394 Å². The number of methoxy groups -OCH3 is 1. The number of hydrogen-bond donors (Lipinski definition) is 5. The minimum Gasteiger partial charge on any atom is -0.497 e. The number of aliphatic carboxylic acids is 1. The molecule has 6 atom stereocenters. The van der Waals surface area contributed by atoms with Gasteiger partial charge in [-0.2, -0.15) is 0 Å². The number of carboxylic acid groups (broad SMARTS) is 1. The highest BCUT2D eigenvalue weighted by Gasteiger charge is 2.61. The number of carbonyl (C=O) groups is 5. The molecule has 1 unspecified atom stereocenters. The van der Waals surface area contributed by atoms with E-state index in [9.17, 15) is 24.3 Å². The van der Waals surface area contributed by atoms with E-state index in [-0.39, 0.29) is 49.2 Å². The van der Waals surface area contributed by atoms with Crippen molar-refractivity contribution < 1.29 is 38.6 Å². The number of benzene rings is 2. The molecule has 5 amide bonds. The van der Waals surface area contributed by atoms with Crippen LogP contribution < -0.4 is 30.7 Å². The topological polar surface area (TPSA) is 204 Å². The normalized spacial score (nSPS) is 24.9. The number of ether oxygens (including phenoxy) is 2. The van der Waals surface area contributed by atoms with E-state index >= 15 is 4.79 Å². The number of allylic oxidation sites excluding steroid dienone is 1. The summed E-state index contributed by atoms with van der Waals surface area (Å²) in [6.45, 7) is 4.98. The predicted molar refractivity (Wildman–Crippen MR) is 254 cm³/mol. The number of urea groups is 1. The smallest absolute Gasteiger partial charge is 0.330 e. The Bertz CT molecular complexity index is 2560. The Balaban J connectivity index is 0.989. The minimum atomic E-state index is -1.49. The van der Waals surface area contributed by atoms with Gasteiger partial charge in [-0.1, -0.05) is 49.6 Å². The van der Waals surface area contributed by atoms with Gasteiger partial charge in [-0.25, -0.2) is 19.6 Å². The zero-order valence-corrected chi connectivity index (χ0v) is 39.1. The quantitative estimate of drug-likeness (QED) is 0.0964. The van der Waals surface area contributed by atoms with Gasteiger partial charge in [0, 0.05) is 59.9 Å². The second-order valence-electron chi connectivity index (χ2n) is 19.0. The van der Waals surface area contributed by atoms with E-state index in [4.69, 9.17) is 19.4 Å². The third-order valence-electron chi connectivity index (χ3n) is 14.0. The molecule has 5 aliphatic rings. The summed E-state index contributed by atoms with van der Waals surface area (Å²) in [7, 11) is 1.58. The maximum atomic E-state index is 15.0. The van der Waals surface area contributed by atoms with Crippen LogP contribution in [0.1, 0.15) is 94.0 Å². The van der Waals surface area contributed by atoms with Crippen molar-refractivity contribution in [3.05, 3.63) is 77.2 Å². The summed E-state index contributed by atoms with van der Waals surface area (Å²) < 4.78 is 12.3.